The average Bonchev–Trinajstić information content (AvgIpc) is 3.00. The minimum Gasteiger partial charge on any atom is -0.325 e. The first-order chi connectivity index (χ1) is 11.3. The summed E-state index contributed by atoms with van der Waals surface area (Å²) in [6, 6.07) is 8.18. The minimum absolute atomic E-state index is 0.143. The number of nitrogens with one attached hydrogen (secondary N) is 1. The topological polar surface area (TPSA) is 69.7 Å². The van der Waals surface area contributed by atoms with Gasteiger partial charge in [0.15, 0.2) is 0 Å². The van der Waals surface area contributed by atoms with Crippen LogP contribution in [0.1, 0.15) is 5.56 Å². The first-order valence-electron chi connectivity index (χ1n) is 7.31. The molecule has 0 spiro atoms. The number of anilines is 1. The molecule has 0 fully saturated rings. The van der Waals surface area contributed by atoms with Crippen molar-refractivity contribution in [3.05, 3.63) is 46.7 Å². The third-order valence-corrected chi connectivity index (χ3v) is 5.92. The molecule has 0 aliphatic heterocycles. The van der Waals surface area contributed by atoms with Gasteiger partial charge in [0.1, 0.15) is 0 Å². The number of thiophene rings is 1. The Morgan fingerprint density at radius 3 is 2.33 bits per heavy atom. The number of nitrogens with zero attached hydrogens (tertiary/aromatic N) is 2. The standard InChI is InChI=1S/C16H21N3O3S2/c1-18(2)24(21,22)15-6-4-14(5-7-15)17-16(20)11-19(3)10-13-8-9-23-12-13/h4-9,12H,10-11H2,1-3H3,(H,17,20). The maximum Gasteiger partial charge on any atom is 0.242 e. The largest absolute Gasteiger partial charge is 0.325 e. The molecule has 24 heavy (non-hydrogen) atoms. The van der Waals surface area contributed by atoms with Gasteiger partial charge in [0.05, 0.1) is 11.4 Å². The number of carbonyl (C=O) groups is 1. The van der Waals surface area contributed by atoms with Gasteiger partial charge in [-0.2, -0.15) is 11.3 Å². The summed E-state index contributed by atoms with van der Waals surface area (Å²) in [6.07, 6.45) is 0. The van der Waals surface area contributed by atoms with Gasteiger partial charge in [-0.1, -0.05) is 0 Å². The Labute approximate surface area is 146 Å². The van der Waals surface area contributed by atoms with Crippen LogP contribution in [0.2, 0.25) is 0 Å². The number of hydrogen-bond acceptors (Lipinski definition) is 5. The van der Waals surface area contributed by atoms with E-state index < -0.39 is 10.0 Å². The molecule has 2 rings (SSSR count). The van der Waals surface area contributed by atoms with Gasteiger partial charge in [0, 0.05) is 26.3 Å². The molecule has 0 unspecified atom stereocenters. The van der Waals surface area contributed by atoms with E-state index in [0.29, 0.717) is 12.2 Å². The zero-order valence-corrected chi connectivity index (χ0v) is 15.5. The Kier molecular flexibility index (Phi) is 6.11. The van der Waals surface area contributed by atoms with Gasteiger partial charge >= 0.3 is 0 Å². The lowest BCUT2D eigenvalue weighted by Gasteiger charge is -2.16. The van der Waals surface area contributed by atoms with Crippen LogP contribution in [-0.2, 0) is 21.4 Å². The highest BCUT2D eigenvalue weighted by Gasteiger charge is 2.16. The van der Waals surface area contributed by atoms with Gasteiger partial charge in [0.2, 0.25) is 15.9 Å². The normalized spacial score (nSPS) is 11.9. The quantitative estimate of drug-likeness (QED) is 0.813. The molecule has 2 aromatic rings. The molecule has 1 heterocycles. The van der Waals surface area contributed by atoms with E-state index in [2.05, 4.69) is 10.7 Å². The predicted molar refractivity (Wildman–Crippen MR) is 96.6 cm³/mol. The van der Waals surface area contributed by atoms with E-state index in [0.717, 1.165) is 4.31 Å². The van der Waals surface area contributed by atoms with E-state index in [-0.39, 0.29) is 17.3 Å². The molecule has 1 aromatic heterocycles. The lowest BCUT2D eigenvalue weighted by Crippen LogP contribution is -2.29. The van der Waals surface area contributed by atoms with Crippen LogP contribution in [0.3, 0.4) is 0 Å². The molecule has 0 radical (unpaired) electrons. The predicted octanol–water partition coefficient (Wildman–Crippen LogP) is 2.07. The molecule has 0 saturated heterocycles. The molecule has 0 bridgehead atoms. The average molecular weight is 367 g/mol. The van der Waals surface area contributed by atoms with Gasteiger partial charge in [-0.25, -0.2) is 12.7 Å². The maximum atomic E-state index is 12.1. The van der Waals surface area contributed by atoms with Crippen LogP contribution in [0.15, 0.2) is 46.0 Å². The SMILES string of the molecule is CN(CC(=O)Nc1ccc(S(=O)(=O)N(C)C)cc1)Cc1ccsc1. The van der Waals surface area contributed by atoms with Gasteiger partial charge in [-0.3, -0.25) is 9.69 Å². The van der Waals surface area contributed by atoms with Gasteiger partial charge in [0.25, 0.3) is 0 Å². The Morgan fingerprint density at radius 1 is 1.12 bits per heavy atom. The fourth-order valence-electron chi connectivity index (χ4n) is 2.12. The van der Waals surface area contributed by atoms with Gasteiger partial charge < -0.3 is 5.32 Å². The number of carbonyl (C=O) groups excluding carboxylic acids is 1. The zero-order chi connectivity index (χ0) is 17.7. The Balaban J connectivity index is 1.92. The van der Waals surface area contributed by atoms with Crippen LogP contribution in [0.5, 0.6) is 0 Å². The fraction of sp³-hybridized carbons (Fsp3) is 0.312. The van der Waals surface area contributed by atoms with Crippen LogP contribution >= 0.6 is 11.3 Å². The molecule has 0 atom stereocenters. The van der Waals surface area contributed by atoms with Crippen molar-refractivity contribution in [1.82, 2.24) is 9.21 Å². The summed E-state index contributed by atoms with van der Waals surface area (Å²) < 4.78 is 25.1. The summed E-state index contributed by atoms with van der Waals surface area (Å²) in [6.45, 7) is 0.963. The van der Waals surface area contributed by atoms with Crippen molar-refractivity contribution >= 4 is 33.0 Å². The second-order valence-corrected chi connectivity index (χ2v) is 8.60. The third-order valence-electron chi connectivity index (χ3n) is 3.36. The summed E-state index contributed by atoms with van der Waals surface area (Å²) >= 11 is 1.63. The Hall–Kier alpha value is -1.74. The van der Waals surface area contributed by atoms with Crippen LogP contribution in [0.4, 0.5) is 5.69 Å². The van der Waals surface area contributed by atoms with Crippen LogP contribution in [-0.4, -0.2) is 51.2 Å². The second-order valence-electron chi connectivity index (χ2n) is 5.66. The van der Waals surface area contributed by atoms with E-state index in [1.165, 1.54) is 31.8 Å². The Morgan fingerprint density at radius 2 is 1.79 bits per heavy atom. The van der Waals surface area contributed by atoms with Crippen molar-refractivity contribution in [2.45, 2.75) is 11.4 Å². The third kappa shape index (κ3) is 4.88. The lowest BCUT2D eigenvalue weighted by molar-refractivity contribution is -0.117. The molecule has 1 aromatic carbocycles. The van der Waals surface area contributed by atoms with Crippen LogP contribution < -0.4 is 5.32 Å². The van der Waals surface area contributed by atoms with E-state index in [9.17, 15) is 13.2 Å². The molecule has 6 nitrogen and oxygen atoms in total. The van der Waals surface area contributed by atoms with Crippen LogP contribution in [0.25, 0.3) is 0 Å². The van der Waals surface area contributed by atoms with E-state index >= 15 is 0 Å². The molecule has 8 heteroatoms. The molecule has 0 aliphatic carbocycles. The number of sulfonamides is 1. The highest BCUT2D eigenvalue weighted by Crippen LogP contribution is 2.16. The molecule has 130 valence electrons. The lowest BCUT2D eigenvalue weighted by atomic mass is 10.3. The van der Waals surface area contributed by atoms with Crippen molar-refractivity contribution in [3.63, 3.8) is 0 Å². The summed E-state index contributed by atoms with van der Waals surface area (Å²) in [5.41, 5.74) is 1.75. The van der Waals surface area contributed by atoms with Crippen molar-refractivity contribution in [3.8, 4) is 0 Å². The van der Waals surface area contributed by atoms with E-state index in [1.54, 1.807) is 23.5 Å². The zero-order valence-electron chi connectivity index (χ0n) is 13.9. The number of amides is 1. The van der Waals surface area contributed by atoms with Crippen molar-refractivity contribution in [2.75, 3.05) is 33.0 Å². The summed E-state index contributed by atoms with van der Waals surface area (Å²) in [5.74, 6) is -0.143. The minimum atomic E-state index is -3.46. The van der Waals surface area contributed by atoms with Gasteiger partial charge in [-0.05, 0) is 53.7 Å². The maximum absolute atomic E-state index is 12.1. The van der Waals surface area contributed by atoms with E-state index in [4.69, 9.17) is 0 Å². The summed E-state index contributed by atoms with van der Waals surface area (Å²) in [4.78, 5) is 14.2. The fourth-order valence-corrected chi connectivity index (χ4v) is 3.68. The number of hydrogen-bond donors (Lipinski definition) is 1. The smallest absolute Gasteiger partial charge is 0.242 e. The van der Waals surface area contributed by atoms with Crippen molar-refractivity contribution in [1.29, 1.82) is 0 Å². The molecule has 1 amide bonds. The number of rotatable bonds is 7. The monoisotopic (exact) mass is 367 g/mol. The highest BCUT2D eigenvalue weighted by atomic mass is 32.2. The van der Waals surface area contributed by atoms with Crippen molar-refractivity contribution in [2.24, 2.45) is 0 Å². The Bertz CT molecular complexity index is 769. The molecular formula is C16H21N3O3S2. The highest BCUT2D eigenvalue weighted by molar-refractivity contribution is 7.89. The van der Waals surface area contributed by atoms with Crippen molar-refractivity contribution < 1.29 is 13.2 Å². The molecule has 1 N–H and O–H groups in total. The summed E-state index contributed by atoms with van der Waals surface area (Å²) in [7, 11) is 1.38. The first-order valence-corrected chi connectivity index (χ1v) is 9.69. The summed E-state index contributed by atoms with van der Waals surface area (Å²) in [5, 5.41) is 6.83. The first kappa shape index (κ1) is 18.6. The molecule has 0 aliphatic rings. The van der Waals surface area contributed by atoms with Gasteiger partial charge in [-0.15, -0.1) is 0 Å². The molecule has 0 saturated carbocycles. The number of benzene rings is 1. The van der Waals surface area contributed by atoms with E-state index in [1.807, 2.05) is 23.4 Å². The van der Waals surface area contributed by atoms with Crippen LogP contribution in [0, 0.1) is 0 Å². The molecular weight excluding hydrogens is 346 g/mol. The second kappa shape index (κ2) is 7.89. The number of likely N-dealkylation sites (N-methyl/N-ethyl adjacent to an activating group) is 1.